The minimum absolute atomic E-state index is 0.0490. The van der Waals surface area contributed by atoms with E-state index in [4.69, 9.17) is 9.47 Å². The lowest BCUT2D eigenvalue weighted by Gasteiger charge is -2.24. The Bertz CT molecular complexity index is 1170. The summed E-state index contributed by atoms with van der Waals surface area (Å²) in [5.74, 6) is -0.822. The van der Waals surface area contributed by atoms with Gasteiger partial charge in [-0.15, -0.1) is 0 Å². The molecule has 1 aliphatic rings. The highest BCUT2D eigenvalue weighted by atomic mass is 16.5. The summed E-state index contributed by atoms with van der Waals surface area (Å²) in [5.41, 5.74) is 1.22. The standard InChI is InChI=1S/C25H22N2O5/c1-3-32-17-13-11-16(12-14-17)27-22(19-9-6-7-15-26-19)21(24(29)25(27)30)23(28)18-8-4-5-10-20(18)31-2/h4-15,22,28H,3H2,1-2H3/b23-21-. The van der Waals surface area contributed by atoms with Crippen LogP contribution in [0.2, 0.25) is 0 Å². The van der Waals surface area contributed by atoms with Gasteiger partial charge in [-0.05, 0) is 55.5 Å². The van der Waals surface area contributed by atoms with Gasteiger partial charge in [0.05, 0.1) is 30.5 Å². The van der Waals surface area contributed by atoms with Crippen molar-refractivity contribution in [1.82, 2.24) is 4.98 Å². The Morgan fingerprint density at radius 2 is 1.75 bits per heavy atom. The smallest absolute Gasteiger partial charge is 0.300 e. The van der Waals surface area contributed by atoms with E-state index in [2.05, 4.69) is 4.98 Å². The molecule has 1 atom stereocenters. The Labute approximate surface area is 185 Å². The Morgan fingerprint density at radius 1 is 1.03 bits per heavy atom. The molecule has 1 unspecified atom stereocenters. The van der Waals surface area contributed by atoms with Gasteiger partial charge in [-0.25, -0.2) is 0 Å². The largest absolute Gasteiger partial charge is 0.507 e. The lowest BCUT2D eigenvalue weighted by atomic mass is 9.97. The third-order valence-electron chi connectivity index (χ3n) is 5.20. The maximum atomic E-state index is 13.2. The maximum absolute atomic E-state index is 13.2. The number of carbonyl (C=O) groups is 2. The molecule has 7 nitrogen and oxygen atoms in total. The van der Waals surface area contributed by atoms with Gasteiger partial charge in [-0.3, -0.25) is 19.5 Å². The Hall–Kier alpha value is -4.13. The molecule has 1 fully saturated rings. The van der Waals surface area contributed by atoms with Crippen LogP contribution in [0.5, 0.6) is 11.5 Å². The van der Waals surface area contributed by atoms with Crippen LogP contribution in [0.4, 0.5) is 5.69 Å². The molecule has 2 aromatic carbocycles. The Morgan fingerprint density at radius 3 is 2.41 bits per heavy atom. The van der Waals surface area contributed by atoms with Crippen LogP contribution in [0.1, 0.15) is 24.2 Å². The molecule has 0 radical (unpaired) electrons. The minimum atomic E-state index is -0.904. The fourth-order valence-electron chi connectivity index (χ4n) is 3.77. The molecular weight excluding hydrogens is 408 g/mol. The molecule has 2 heterocycles. The number of methoxy groups -OCH3 is 1. The van der Waals surface area contributed by atoms with Gasteiger partial charge in [0.1, 0.15) is 23.3 Å². The number of aliphatic hydroxyl groups is 1. The second-order valence-corrected chi connectivity index (χ2v) is 7.05. The van der Waals surface area contributed by atoms with E-state index < -0.39 is 17.7 Å². The number of para-hydroxylation sites is 1. The van der Waals surface area contributed by atoms with E-state index in [9.17, 15) is 14.7 Å². The van der Waals surface area contributed by atoms with Crippen molar-refractivity contribution in [3.63, 3.8) is 0 Å². The lowest BCUT2D eigenvalue weighted by Crippen LogP contribution is -2.29. The summed E-state index contributed by atoms with van der Waals surface area (Å²) in [7, 11) is 1.47. The topological polar surface area (TPSA) is 89.0 Å². The highest BCUT2D eigenvalue weighted by molar-refractivity contribution is 6.51. The number of pyridine rings is 1. The van der Waals surface area contributed by atoms with Crippen molar-refractivity contribution in [2.75, 3.05) is 18.6 Å². The first kappa shape index (κ1) is 21.1. The third kappa shape index (κ3) is 3.69. The number of hydrogen-bond acceptors (Lipinski definition) is 6. The average Bonchev–Trinajstić information content (AvgIpc) is 3.10. The first-order valence-corrected chi connectivity index (χ1v) is 10.1. The van der Waals surface area contributed by atoms with Crippen molar-refractivity contribution in [3.05, 3.63) is 89.8 Å². The van der Waals surface area contributed by atoms with Crippen LogP contribution in [-0.2, 0) is 9.59 Å². The molecule has 3 aromatic rings. The molecule has 1 amide bonds. The molecule has 0 bridgehead atoms. The number of Topliss-reactive ketones (excluding diaryl/α,β-unsaturated/α-hetero) is 1. The molecular formula is C25H22N2O5. The van der Waals surface area contributed by atoms with Crippen LogP contribution >= 0.6 is 0 Å². The number of benzene rings is 2. The van der Waals surface area contributed by atoms with Crippen molar-refractivity contribution in [3.8, 4) is 11.5 Å². The second-order valence-electron chi connectivity index (χ2n) is 7.05. The number of ether oxygens (including phenoxy) is 2. The van der Waals surface area contributed by atoms with Gasteiger partial charge in [0.15, 0.2) is 0 Å². The molecule has 0 spiro atoms. The third-order valence-corrected chi connectivity index (χ3v) is 5.20. The zero-order valence-electron chi connectivity index (χ0n) is 17.7. The number of anilines is 1. The van der Waals surface area contributed by atoms with Gasteiger partial charge in [0.2, 0.25) is 0 Å². The quantitative estimate of drug-likeness (QED) is 0.360. The number of ketones is 1. The van der Waals surface area contributed by atoms with E-state index in [0.29, 0.717) is 35.1 Å². The summed E-state index contributed by atoms with van der Waals surface area (Å²) >= 11 is 0. The van der Waals surface area contributed by atoms with Gasteiger partial charge in [-0.1, -0.05) is 18.2 Å². The monoisotopic (exact) mass is 430 g/mol. The SMILES string of the molecule is CCOc1ccc(N2C(=O)C(=O)/C(=C(\O)c3ccccc3OC)C2c2ccccn2)cc1. The lowest BCUT2D eigenvalue weighted by molar-refractivity contribution is -0.132. The first-order chi connectivity index (χ1) is 15.6. The predicted octanol–water partition coefficient (Wildman–Crippen LogP) is 4.12. The van der Waals surface area contributed by atoms with Crippen molar-refractivity contribution in [1.29, 1.82) is 0 Å². The highest BCUT2D eigenvalue weighted by Crippen LogP contribution is 2.42. The van der Waals surface area contributed by atoms with E-state index >= 15 is 0 Å². The molecule has 32 heavy (non-hydrogen) atoms. The summed E-state index contributed by atoms with van der Waals surface area (Å²) in [6.45, 7) is 2.39. The number of carbonyl (C=O) groups excluding carboxylic acids is 2. The molecule has 0 saturated carbocycles. The zero-order valence-corrected chi connectivity index (χ0v) is 17.7. The van der Waals surface area contributed by atoms with E-state index in [1.807, 2.05) is 6.92 Å². The molecule has 4 rings (SSSR count). The zero-order chi connectivity index (χ0) is 22.7. The summed E-state index contributed by atoms with van der Waals surface area (Å²) in [5, 5.41) is 11.2. The summed E-state index contributed by atoms with van der Waals surface area (Å²) < 4.78 is 10.8. The fraction of sp³-hybridized carbons (Fsp3) is 0.160. The van der Waals surface area contributed by atoms with E-state index in [1.165, 1.54) is 12.0 Å². The van der Waals surface area contributed by atoms with E-state index in [-0.39, 0.29) is 11.3 Å². The fourth-order valence-corrected chi connectivity index (χ4v) is 3.77. The number of rotatable bonds is 6. The van der Waals surface area contributed by atoms with Gasteiger partial charge in [0, 0.05) is 11.9 Å². The summed E-state index contributed by atoms with van der Waals surface area (Å²) in [6.07, 6.45) is 1.58. The Kier molecular flexibility index (Phi) is 5.89. The highest BCUT2D eigenvalue weighted by Gasteiger charge is 2.47. The average molecular weight is 430 g/mol. The van der Waals surface area contributed by atoms with Crippen LogP contribution < -0.4 is 14.4 Å². The first-order valence-electron chi connectivity index (χ1n) is 10.1. The number of nitrogens with zero attached hydrogens (tertiary/aromatic N) is 2. The van der Waals surface area contributed by atoms with Crippen LogP contribution in [0.25, 0.3) is 5.76 Å². The molecule has 162 valence electrons. The minimum Gasteiger partial charge on any atom is -0.507 e. The van der Waals surface area contributed by atoms with Crippen molar-refractivity contribution in [2.45, 2.75) is 13.0 Å². The van der Waals surface area contributed by atoms with Crippen molar-refractivity contribution >= 4 is 23.1 Å². The van der Waals surface area contributed by atoms with Gasteiger partial charge < -0.3 is 14.6 Å². The Balaban J connectivity index is 1.90. The number of aromatic nitrogens is 1. The van der Waals surface area contributed by atoms with Gasteiger partial charge in [0.25, 0.3) is 11.7 Å². The molecule has 1 aliphatic heterocycles. The second kappa shape index (κ2) is 8.93. The van der Waals surface area contributed by atoms with Crippen LogP contribution in [-0.4, -0.2) is 35.5 Å². The number of hydrogen-bond donors (Lipinski definition) is 1. The van der Waals surface area contributed by atoms with Gasteiger partial charge >= 0.3 is 0 Å². The molecule has 0 aliphatic carbocycles. The molecule has 7 heteroatoms. The van der Waals surface area contributed by atoms with Crippen molar-refractivity contribution < 1.29 is 24.2 Å². The summed E-state index contributed by atoms with van der Waals surface area (Å²) in [4.78, 5) is 32.0. The number of amides is 1. The summed E-state index contributed by atoms with van der Waals surface area (Å²) in [6, 6.07) is 18.0. The van der Waals surface area contributed by atoms with E-state index in [1.54, 1.807) is 72.9 Å². The van der Waals surface area contributed by atoms with Crippen LogP contribution in [0.15, 0.2) is 78.5 Å². The number of aliphatic hydroxyl groups excluding tert-OH is 1. The van der Waals surface area contributed by atoms with Crippen LogP contribution in [0, 0.1) is 0 Å². The molecule has 1 aromatic heterocycles. The molecule has 1 saturated heterocycles. The molecule has 1 N–H and O–H groups in total. The van der Waals surface area contributed by atoms with Gasteiger partial charge in [-0.2, -0.15) is 0 Å². The normalized spacial score (nSPS) is 17.4. The maximum Gasteiger partial charge on any atom is 0.300 e. The van der Waals surface area contributed by atoms with Crippen molar-refractivity contribution in [2.24, 2.45) is 0 Å². The van der Waals surface area contributed by atoms with Crippen LogP contribution in [0.3, 0.4) is 0 Å². The predicted molar refractivity (Wildman–Crippen MR) is 120 cm³/mol. The van der Waals surface area contributed by atoms with E-state index in [0.717, 1.165) is 0 Å².